The summed E-state index contributed by atoms with van der Waals surface area (Å²) >= 11 is 0. The van der Waals surface area contributed by atoms with E-state index >= 15 is 0 Å². The van der Waals surface area contributed by atoms with Crippen LogP contribution in [0.5, 0.6) is 0 Å². The Labute approximate surface area is 168 Å². The number of nitrogens with zero attached hydrogens (tertiary/aromatic N) is 2. The number of rotatable bonds is 4. The summed E-state index contributed by atoms with van der Waals surface area (Å²) in [5.41, 5.74) is 3.15. The standard InChI is InChI=1S/C23H20N2O4/c26-25(27)19-13-11-16(12-14-19)21-20-15-28-22(17-7-3-1-4-8-17)24(20)23(29-21)18-9-5-2-6-10-18/h1-14,20-23H,15H2. The van der Waals surface area contributed by atoms with Crippen molar-refractivity contribution >= 4 is 5.69 Å². The Morgan fingerprint density at radius 3 is 1.97 bits per heavy atom. The molecule has 3 aromatic carbocycles. The zero-order valence-corrected chi connectivity index (χ0v) is 15.6. The molecular formula is C23H20N2O4. The molecule has 6 nitrogen and oxygen atoms in total. The van der Waals surface area contributed by atoms with Crippen molar-refractivity contribution in [3.05, 3.63) is 112 Å². The van der Waals surface area contributed by atoms with Crippen molar-refractivity contribution in [3.8, 4) is 0 Å². The molecule has 0 spiro atoms. The van der Waals surface area contributed by atoms with Gasteiger partial charge in [0.2, 0.25) is 0 Å². The van der Waals surface area contributed by atoms with Gasteiger partial charge in [-0.3, -0.25) is 10.1 Å². The molecule has 2 fully saturated rings. The number of hydrogen-bond donors (Lipinski definition) is 0. The molecule has 0 amide bonds. The van der Waals surface area contributed by atoms with Gasteiger partial charge in [-0.2, -0.15) is 0 Å². The van der Waals surface area contributed by atoms with Gasteiger partial charge in [0.1, 0.15) is 18.6 Å². The van der Waals surface area contributed by atoms with Crippen molar-refractivity contribution in [3.63, 3.8) is 0 Å². The van der Waals surface area contributed by atoms with E-state index in [-0.39, 0.29) is 35.2 Å². The normalized spacial score (nSPS) is 26.3. The van der Waals surface area contributed by atoms with E-state index in [1.54, 1.807) is 12.1 Å². The lowest BCUT2D eigenvalue weighted by molar-refractivity contribution is -0.384. The van der Waals surface area contributed by atoms with Gasteiger partial charge in [-0.25, -0.2) is 4.90 Å². The van der Waals surface area contributed by atoms with Gasteiger partial charge in [0, 0.05) is 12.1 Å². The van der Waals surface area contributed by atoms with Crippen molar-refractivity contribution in [2.24, 2.45) is 0 Å². The summed E-state index contributed by atoms with van der Waals surface area (Å²) in [5, 5.41) is 11.0. The van der Waals surface area contributed by atoms with Crippen LogP contribution in [0.2, 0.25) is 0 Å². The van der Waals surface area contributed by atoms with Crippen LogP contribution in [0.3, 0.4) is 0 Å². The SMILES string of the molecule is O=[N+]([O-])c1ccc(C2OC(c3ccccc3)N3C(c4ccccc4)OCC23)cc1. The molecule has 0 saturated carbocycles. The quantitative estimate of drug-likeness (QED) is 0.476. The summed E-state index contributed by atoms with van der Waals surface area (Å²) < 4.78 is 12.7. The molecule has 0 radical (unpaired) electrons. The van der Waals surface area contributed by atoms with Gasteiger partial charge in [-0.1, -0.05) is 60.7 Å². The molecule has 5 rings (SSSR count). The van der Waals surface area contributed by atoms with E-state index in [0.29, 0.717) is 6.61 Å². The van der Waals surface area contributed by atoms with Crippen molar-refractivity contribution < 1.29 is 14.4 Å². The van der Waals surface area contributed by atoms with Gasteiger partial charge >= 0.3 is 0 Å². The predicted molar refractivity (Wildman–Crippen MR) is 107 cm³/mol. The fourth-order valence-electron chi connectivity index (χ4n) is 4.22. The van der Waals surface area contributed by atoms with Crippen LogP contribution in [0.4, 0.5) is 5.69 Å². The van der Waals surface area contributed by atoms with E-state index in [2.05, 4.69) is 29.2 Å². The van der Waals surface area contributed by atoms with E-state index in [0.717, 1.165) is 16.7 Å². The summed E-state index contributed by atoms with van der Waals surface area (Å²) in [4.78, 5) is 12.9. The minimum atomic E-state index is -0.386. The largest absolute Gasteiger partial charge is 0.357 e. The topological polar surface area (TPSA) is 64.8 Å². The minimum absolute atomic E-state index is 0.0202. The fourth-order valence-corrected chi connectivity index (χ4v) is 4.22. The lowest BCUT2D eigenvalue weighted by Crippen LogP contribution is -2.31. The molecule has 146 valence electrons. The lowest BCUT2D eigenvalue weighted by Gasteiger charge is -2.27. The molecule has 2 saturated heterocycles. The number of fused-ring (bicyclic) bond motifs is 1. The van der Waals surface area contributed by atoms with E-state index in [9.17, 15) is 10.1 Å². The second-order valence-electron chi connectivity index (χ2n) is 7.28. The van der Waals surface area contributed by atoms with E-state index in [1.165, 1.54) is 12.1 Å². The van der Waals surface area contributed by atoms with Gasteiger partial charge in [-0.05, 0) is 28.8 Å². The highest BCUT2D eigenvalue weighted by Gasteiger charge is 2.51. The molecule has 4 unspecified atom stereocenters. The van der Waals surface area contributed by atoms with Crippen LogP contribution in [-0.2, 0) is 9.47 Å². The monoisotopic (exact) mass is 388 g/mol. The smallest absolute Gasteiger partial charge is 0.269 e. The third-order valence-electron chi connectivity index (χ3n) is 5.58. The molecule has 3 aromatic rings. The molecule has 0 aliphatic carbocycles. The first-order chi connectivity index (χ1) is 14.2. The first kappa shape index (κ1) is 18.0. The summed E-state index contributed by atoms with van der Waals surface area (Å²) in [7, 11) is 0. The van der Waals surface area contributed by atoms with Crippen molar-refractivity contribution in [1.29, 1.82) is 0 Å². The number of hydrogen-bond acceptors (Lipinski definition) is 5. The average molecular weight is 388 g/mol. The number of nitro benzene ring substituents is 1. The number of benzene rings is 3. The molecule has 2 heterocycles. The van der Waals surface area contributed by atoms with Gasteiger partial charge in [0.25, 0.3) is 5.69 Å². The van der Waals surface area contributed by atoms with Gasteiger partial charge in [-0.15, -0.1) is 0 Å². The predicted octanol–water partition coefficient (Wildman–Crippen LogP) is 4.76. The Balaban J connectivity index is 1.52. The molecule has 6 heteroatoms. The number of nitro groups is 1. The minimum Gasteiger partial charge on any atom is -0.357 e. The van der Waals surface area contributed by atoms with E-state index in [4.69, 9.17) is 9.47 Å². The molecule has 0 aromatic heterocycles. The zero-order valence-electron chi connectivity index (χ0n) is 15.6. The molecule has 29 heavy (non-hydrogen) atoms. The molecular weight excluding hydrogens is 368 g/mol. The third kappa shape index (κ3) is 3.21. The number of ether oxygens (including phenoxy) is 2. The van der Waals surface area contributed by atoms with Crippen LogP contribution in [0.25, 0.3) is 0 Å². The van der Waals surface area contributed by atoms with Gasteiger partial charge < -0.3 is 9.47 Å². The third-order valence-corrected chi connectivity index (χ3v) is 5.58. The Morgan fingerprint density at radius 1 is 0.793 bits per heavy atom. The molecule has 2 aliphatic rings. The maximum atomic E-state index is 11.0. The summed E-state index contributed by atoms with van der Waals surface area (Å²) in [6, 6.07) is 26.9. The fraction of sp³-hybridized carbons (Fsp3) is 0.217. The zero-order chi connectivity index (χ0) is 19.8. The van der Waals surface area contributed by atoms with Crippen LogP contribution >= 0.6 is 0 Å². The lowest BCUT2D eigenvalue weighted by atomic mass is 10.0. The highest BCUT2D eigenvalue weighted by Crippen LogP contribution is 2.50. The Hall–Kier alpha value is -3.06. The van der Waals surface area contributed by atoms with Crippen molar-refractivity contribution in [2.75, 3.05) is 6.61 Å². The van der Waals surface area contributed by atoms with Crippen molar-refractivity contribution in [1.82, 2.24) is 4.90 Å². The Bertz CT molecular complexity index is 994. The van der Waals surface area contributed by atoms with E-state index < -0.39 is 0 Å². The highest BCUT2D eigenvalue weighted by atomic mass is 16.6. The second-order valence-corrected chi connectivity index (χ2v) is 7.28. The summed E-state index contributed by atoms with van der Waals surface area (Å²) in [5.74, 6) is 0. The first-order valence-electron chi connectivity index (χ1n) is 9.61. The molecule has 0 N–H and O–H groups in total. The second kappa shape index (κ2) is 7.40. The van der Waals surface area contributed by atoms with Crippen LogP contribution in [0.15, 0.2) is 84.9 Å². The molecule has 2 aliphatic heterocycles. The Kier molecular flexibility index (Phi) is 4.60. The maximum Gasteiger partial charge on any atom is 0.269 e. The first-order valence-corrected chi connectivity index (χ1v) is 9.61. The maximum absolute atomic E-state index is 11.0. The molecule has 0 bridgehead atoms. The summed E-state index contributed by atoms with van der Waals surface area (Å²) in [6.45, 7) is 0.532. The van der Waals surface area contributed by atoms with Crippen LogP contribution in [0.1, 0.15) is 35.3 Å². The van der Waals surface area contributed by atoms with E-state index in [1.807, 2.05) is 36.4 Å². The van der Waals surface area contributed by atoms with Crippen LogP contribution in [0, 0.1) is 10.1 Å². The summed E-state index contributed by atoms with van der Waals surface area (Å²) in [6.07, 6.45) is -0.682. The number of non-ortho nitro benzene ring substituents is 1. The van der Waals surface area contributed by atoms with Crippen LogP contribution < -0.4 is 0 Å². The van der Waals surface area contributed by atoms with Gasteiger partial charge in [0.15, 0.2) is 0 Å². The average Bonchev–Trinajstić information content (AvgIpc) is 3.36. The van der Waals surface area contributed by atoms with Crippen LogP contribution in [-0.4, -0.2) is 22.5 Å². The highest BCUT2D eigenvalue weighted by molar-refractivity contribution is 5.35. The molecule has 4 atom stereocenters. The van der Waals surface area contributed by atoms with Crippen molar-refractivity contribution in [2.45, 2.75) is 24.6 Å². The van der Waals surface area contributed by atoms with Gasteiger partial charge in [0.05, 0.1) is 17.6 Å². The Morgan fingerprint density at radius 2 is 1.38 bits per heavy atom.